The lowest BCUT2D eigenvalue weighted by Crippen LogP contribution is -2.62. The lowest BCUT2D eigenvalue weighted by atomic mass is 9.74. The molecule has 0 aromatic heterocycles. The summed E-state index contributed by atoms with van der Waals surface area (Å²) in [4.78, 5) is 23.9. The van der Waals surface area contributed by atoms with E-state index in [0.717, 1.165) is 18.4 Å². The summed E-state index contributed by atoms with van der Waals surface area (Å²) in [5, 5.41) is 5.93. The van der Waals surface area contributed by atoms with Gasteiger partial charge in [-0.2, -0.15) is 0 Å². The number of ether oxygens (including phenoxy) is 2. The van der Waals surface area contributed by atoms with Crippen LogP contribution in [0.25, 0.3) is 0 Å². The maximum Gasteiger partial charge on any atom is 0.258 e. The number of hydrogen-bond acceptors (Lipinski definition) is 4. The van der Waals surface area contributed by atoms with Gasteiger partial charge in [0.05, 0.1) is 0 Å². The molecule has 26 heavy (non-hydrogen) atoms. The highest BCUT2D eigenvalue weighted by molar-refractivity contribution is 5.79. The molecule has 1 saturated carbocycles. The second kappa shape index (κ2) is 9.57. The number of rotatable bonds is 10. The highest BCUT2D eigenvalue weighted by Gasteiger charge is 2.42. The average molecular weight is 362 g/mol. The molecule has 0 aliphatic heterocycles. The molecule has 1 aromatic rings. The van der Waals surface area contributed by atoms with Crippen molar-refractivity contribution in [2.24, 2.45) is 0 Å². The van der Waals surface area contributed by atoms with Crippen LogP contribution in [0.2, 0.25) is 0 Å². The van der Waals surface area contributed by atoms with Crippen LogP contribution >= 0.6 is 0 Å². The smallest absolute Gasteiger partial charge is 0.258 e. The molecule has 0 unspecified atom stereocenters. The van der Waals surface area contributed by atoms with Crippen molar-refractivity contribution in [1.29, 1.82) is 0 Å². The Balaban J connectivity index is 1.61. The van der Waals surface area contributed by atoms with Crippen LogP contribution in [0, 0.1) is 6.92 Å². The number of benzene rings is 1. The topological polar surface area (TPSA) is 76.7 Å². The molecule has 0 heterocycles. The van der Waals surface area contributed by atoms with E-state index < -0.39 is 0 Å². The number of nitrogens with one attached hydrogen (secondary N) is 2. The van der Waals surface area contributed by atoms with E-state index in [-0.39, 0.29) is 36.6 Å². The van der Waals surface area contributed by atoms with E-state index in [1.807, 2.05) is 38.1 Å². The Morgan fingerprint density at radius 1 is 1.15 bits per heavy atom. The van der Waals surface area contributed by atoms with Crippen LogP contribution in [0.5, 0.6) is 5.75 Å². The Morgan fingerprint density at radius 3 is 2.50 bits per heavy atom. The third kappa shape index (κ3) is 6.67. The molecule has 0 bridgehead atoms. The zero-order valence-electron chi connectivity index (χ0n) is 16.0. The number of amides is 2. The average Bonchev–Trinajstić information content (AvgIpc) is 2.57. The van der Waals surface area contributed by atoms with Gasteiger partial charge in [0, 0.05) is 18.2 Å². The highest BCUT2D eigenvalue weighted by atomic mass is 16.5. The Morgan fingerprint density at radius 2 is 1.85 bits per heavy atom. The van der Waals surface area contributed by atoms with Crippen molar-refractivity contribution in [3.8, 4) is 5.75 Å². The summed E-state index contributed by atoms with van der Waals surface area (Å²) in [6, 6.07) is 7.65. The fraction of sp³-hybridized carbons (Fsp3) is 0.600. The fourth-order valence-electron chi connectivity index (χ4n) is 3.07. The van der Waals surface area contributed by atoms with Gasteiger partial charge in [-0.3, -0.25) is 9.59 Å². The molecule has 0 spiro atoms. The molecule has 144 valence electrons. The van der Waals surface area contributed by atoms with Crippen LogP contribution in [0.1, 0.15) is 45.1 Å². The summed E-state index contributed by atoms with van der Waals surface area (Å²) < 4.78 is 10.8. The minimum Gasteiger partial charge on any atom is -0.484 e. The SMILES string of the molecule is CCCCOCC(=O)NC1(C)CC(NC(=O)COc2ccc(C)cc2)C1. The maximum absolute atomic E-state index is 12.0. The predicted molar refractivity (Wildman–Crippen MR) is 100 cm³/mol. The standard InChI is InChI=1S/C20H30N2O4/c1-4-5-10-25-13-19(24)22-20(3)11-16(12-20)21-18(23)14-26-17-8-6-15(2)7-9-17/h6-9,16H,4-5,10-14H2,1-3H3,(H,21,23)(H,22,24). The molecule has 0 saturated heterocycles. The molecular weight excluding hydrogens is 332 g/mol. The van der Waals surface area contributed by atoms with E-state index in [2.05, 4.69) is 17.6 Å². The summed E-state index contributed by atoms with van der Waals surface area (Å²) in [6.07, 6.45) is 3.44. The van der Waals surface area contributed by atoms with E-state index in [1.165, 1.54) is 0 Å². The molecule has 2 rings (SSSR count). The summed E-state index contributed by atoms with van der Waals surface area (Å²) in [5.74, 6) is 0.433. The zero-order valence-corrected chi connectivity index (χ0v) is 16.0. The first-order valence-corrected chi connectivity index (χ1v) is 9.28. The van der Waals surface area contributed by atoms with Gasteiger partial charge in [-0.1, -0.05) is 31.0 Å². The molecule has 2 N–H and O–H groups in total. The first-order valence-electron chi connectivity index (χ1n) is 9.28. The van der Waals surface area contributed by atoms with E-state index in [1.54, 1.807) is 0 Å². The van der Waals surface area contributed by atoms with Crippen LogP contribution in [-0.4, -0.2) is 43.2 Å². The van der Waals surface area contributed by atoms with E-state index in [0.29, 0.717) is 25.2 Å². The minimum atomic E-state index is -0.277. The van der Waals surface area contributed by atoms with E-state index in [4.69, 9.17) is 9.47 Å². The molecule has 0 atom stereocenters. The molecular formula is C20H30N2O4. The van der Waals surface area contributed by atoms with Crippen LogP contribution in [0.3, 0.4) is 0 Å². The van der Waals surface area contributed by atoms with Crippen LogP contribution in [0.15, 0.2) is 24.3 Å². The van der Waals surface area contributed by atoms with Crippen LogP contribution < -0.4 is 15.4 Å². The number of carbonyl (C=O) groups excluding carboxylic acids is 2. The van der Waals surface area contributed by atoms with Gasteiger partial charge in [0.15, 0.2) is 6.61 Å². The first kappa shape index (κ1) is 20.2. The first-order chi connectivity index (χ1) is 12.4. The second-order valence-electron chi connectivity index (χ2n) is 7.29. The predicted octanol–water partition coefficient (Wildman–Crippen LogP) is 2.34. The molecule has 1 aromatic carbocycles. The van der Waals surface area contributed by atoms with Crippen molar-refractivity contribution in [2.45, 2.75) is 58.0 Å². The molecule has 2 amide bonds. The van der Waals surface area contributed by atoms with Crippen molar-refractivity contribution in [1.82, 2.24) is 10.6 Å². The molecule has 1 aliphatic rings. The third-order valence-electron chi connectivity index (χ3n) is 4.47. The molecule has 1 fully saturated rings. The molecule has 6 nitrogen and oxygen atoms in total. The van der Waals surface area contributed by atoms with Gasteiger partial charge in [-0.15, -0.1) is 0 Å². The van der Waals surface area contributed by atoms with Crippen molar-refractivity contribution in [3.05, 3.63) is 29.8 Å². The third-order valence-corrected chi connectivity index (χ3v) is 4.47. The quantitative estimate of drug-likeness (QED) is 0.627. The van der Waals surface area contributed by atoms with Gasteiger partial charge in [0.25, 0.3) is 5.91 Å². The van der Waals surface area contributed by atoms with Crippen molar-refractivity contribution in [2.75, 3.05) is 19.8 Å². The van der Waals surface area contributed by atoms with Crippen LogP contribution in [-0.2, 0) is 14.3 Å². The normalized spacial score (nSPS) is 21.6. The highest BCUT2D eigenvalue weighted by Crippen LogP contribution is 2.31. The summed E-state index contributed by atoms with van der Waals surface area (Å²) >= 11 is 0. The summed E-state index contributed by atoms with van der Waals surface area (Å²) in [5.41, 5.74) is 0.870. The van der Waals surface area contributed by atoms with Gasteiger partial charge < -0.3 is 20.1 Å². The maximum atomic E-state index is 12.0. The molecule has 6 heteroatoms. The van der Waals surface area contributed by atoms with E-state index in [9.17, 15) is 9.59 Å². The lowest BCUT2D eigenvalue weighted by Gasteiger charge is -2.45. The van der Waals surface area contributed by atoms with E-state index >= 15 is 0 Å². The van der Waals surface area contributed by atoms with Gasteiger partial charge in [-0.05, 0) is 45.2 Å². The Kier molecular flexibility index (Phi) is 7.45. The van der Waals surface area contributed by atoms with Crippen molar-refractivity contribution < 1.29 is 19.1 Å². The Labute approximate surface area is 155 Å². The summed E-state index contributed by atoms with van der Waals surface area (Å²) in [7, 11) is 0. The fourth-order valence-corrected chi connectivity index (χ4v) is 3.07. The molecule has 1 aliphatic carbocycles. The largest absolute Gasteiger partial charge is 0.484 e. The van der Waals surface area contributed by atoms with Crippen molar-refractivity contribution >= 4 is 11.8 Å². The number of aryl methyl sites for hydroxylation is 1. The molecule has 0 radical (unpaired) electrons. The number of carbonyl (C=O) groups is 2. The number of unbranched alkanes of at least 4 members (excludes halogenated alkanes) is 1. The van der Waals surface area contributed by atoms with Gasteiger partial charge in [0.1, 0.15) is 12.4 Å². The van der Waals surface area contributed by atoms with Gasteiger partial charge in [0.2, 0.25) is 5.91 Å². The minimum absolute atomic E-state index is 0.00605. The number of hydrogen-bond donors (Lipinski definition) is 2. The zero-order chi connectivity index (χ0) is 19.0. The Bertz CT molecular complexity index is 594. The summed E-state index contributed by atoms with van der Waals surface area (Å²) in [6.45, 7) is 6.77. The van der Waals surface area contributed by atoms with Crippen LogP contribution in [0.4, 0.5) is 0 Å². The lowest BCUT2D eigenvalue weighted by molar-refractivity contribution is -0.129. The second-order valence-corrected chi connectivity index (χ2v) is 7.29. The van der Waals surface area contributed by atoms with Gasteiger partial charge in [-0.25, -0.2) is 0 Å². The van der Waals surface area contributed by atoms with Crippen molar-refractivity contribution in [3.63, 3.8) is 0 Å². The van der Waals surface area contributed by atoms with Gasteiger partial charge >= 0.3 is 0 Å². The Hall–Kier alpha value is -2.08. The monoisotopic (exact) mass is 362 g/mol.